The Balaban J connectivity index is 2.33. The number of benzene rings is 1. The van der Waals surface area contributed by atoms with Gasteiger partial charge in [0.05, 0.1) is 20.9 Å². The molecule has 94 valence electrons. The normalized spacial score (nSPS) is 10.4. The van der Waals surface area contributed by atoms with E-state index >= 15 is 0 Å². The second kappa shape index (κ2) is 5.59. The van der Waals surface area contributed by atoms with Gasteiger partial charge in [0, 0.05) is 12.7 Å². The maximum absolute atomic E-state index is 6.06. The topological polar surface area (TPSA) is 29.9 Å². The Bertz CT molecular complexity index is 578. The van der Waals surface area contributed by atoms with E-state index in [9.17, 15) is 0 Å². The molecule has 1 aromatic carbocycles. The monoisotopic (exact) mass is 325 g/mol. The van der Waals surface area contributed by atoms with E-state index in [1.807, 2.05) is 42.0 Å². The van der Waals surface area contributed by atoms with Gasteiger partial charge in [0.2, 0.25) is 5.95 Å². The quantitative estimate of drug-likeness (QED) is 0.836. The lowest BCUT2D eigenvalue weighted by molar-refractivity contribution is 0.832. The second-order valence-corrected chi connectivity index (χ2v) is 5.07. The number of aryl methyl sites for hydroxylation is 1. The molecule has 0 atom stereocenters. The van der Waals surface area contributed by atoms with Crippen molar-refractivity contribution in [2.24, 2.45) is 0 Å². The highest BCUT2D eigenvalue weighted by atomic mass is 79.9. The zero-order valence-corrected chi connectivity index (χ0v) is 12.3. The number of nitrogens with one attached hydrogen (secondary N) is 1. The van der Waals surface area contributed by atoms with Crippen LogP contribution in [0.25, 0.3) is 0 Å². The number of anilines is 2. The molecule has 2 aromatic rings. The van der Waals surface area contributed by atoms with Gasteiger partial charge in [-0.15, -0.1) is 6.58 Å². The molecule has 0 aliphatic carbocycles. The summed E-state index contributed by atoms with van der Waals surface area (Å²) >= 11 is 9.51. The van der Waals surface area contributed by atoms with Crippen molar-refractivity contribution in [3.05, 3.63) is 52.2 Å². The van der Waals surface area contributed by atoms with E-state index in [0.717, 1.165) is 21.8 Å². The summed E-state index contributed by atoms with van der Waals surface area (Å²) in [6.07, 6.45) is 3.81. The number of nitrogens with zero attached hydrogens (tertiary/aromatic N) is 2. The molecular weight excluding hydrogens is 314 g/mol. The number of rotatable bonds is 4. The Hall–Kier alpha value is -1.26. The Kier molecular flexibility index (Phi) is 4.09. The molecule has 0 amide bonds. The highest BCUT2D eigenvalue weighted by molar-refractivity contribution is 9.10. The zero-order valence-electron chi connectivity index (χ0n) is 9.95. The minimum Gasteiger partial charge on any atom is -0.325 e. The van der Waals surface area contributed by atoms with Gasteiger partial charge in [0.1, 0.15) is 0 Å². The summed E-state index contributed by atoms with van der Waals surface area (Å²) in [5.74, 6) is 0.773. The minimum absolute atomic E-state index is 0.665. The average Bonchev–Trinajstić information content (AvgIpc) is 2.66. The van der Waals surface area contributed by atoms with Gasteiger partial charge in [-0.05, 0) is 35.0 Å². The molecule has 0 saturated carbocycles. The van der Waals surface area contributed by atoms with Crippen molar-refractivity contribution < 1.29 is 0 Å². The van der Waals surface area contributed by atoms with Crippen LogP contribution in [-0.2, 0) is 6.54 Å². The molecule has 0 spiro atoms. The molecule has 1 heterocycles. The second-order valence-electron chi connectivity index (χ2n) is 3.87. The molecule has 0 unspecified atom stereocenters. The first-order valence-electron chi connectivity index (χ1n) is 5.47. The predicted molar refractivity (Wildman–Crippen MR) is 79.6 cm³/mol. The van der Waals surface area contributed by atoms with Gasteiger partial charge in [-0.25, -0.2) is 4.98 Å². The highest BCUT2D eigenvalue weighted by Crippen LogP contribution is 2.31. The number of aromatic nitrogens is 2. The van der Waals surface area contributed by atoms with E-state index in [1.165, 1.54) is 0 Å². The molecule has 0 aliphatic heterocycles. The maximum Gasteiger partial charge on any atom is 0.207 e. The molecule has 3 nitrogen and oxygen atoms in total. The standard InChI is InChI=1S/C13H13BrClN3/c1-3-7-18-8-9(2)16-13(18)17-11-6-4-5-10(15)12(11)14/h3-6,8H,1,7H2,2H3,(H,16,17). The van der Waals surface area contributed by atoms with Crippen LogP contribution in [0.4, 0.5) is 11.6 Å². The Morgan fingerprint density at radius 2 is 2.33 bits per heavy atom. The van der Waals surface area contributed by atoms with Crippen LogP contribution in [0.2, 0.25) is 5.02 Å². The van der Waals surface area contributed by atoms with E-state index in [0.29, 0.717) is 11.6 Å². The van der Waals surface area contributed by atoms with Crippen LogP contribution in [0.1, 0.15) is 5.69 Å². The zero-order chi connectivity index (χ0) is 13.1. The fourth-order valence-corrected chi connectivity index (χ4v) is 2.18. The van der Waals surface area contributed by atoms with Gasteiger partial charge < -0.3 is 9.88 Å². The van der Waals surface area contributed by atoms with Gasteiger partial charge >= 0.3 is 0 Å². The Morgan fingerprint density at radius 3 is 3.06 bits per heavy atom. The van der Waals surface area contributed by atoms with E-state index in [2.05, 4.69) is 32.8 Å². The molecule has 0 aliphatic rings. The number of hydrogen-bond donors (Lipinski definition) is 1. The van der Waals surface area contributed by atoms with E-state index < -0.39 is 0 Å². The van der Waals surface area contributed by atoms with Crippen LogP contribution in [0.3, 0.4) is 0 Å². The fourth-order valence-electron chi connectivity index (χ4n) is 1.65. The highest BCUT2D eigenvalue weighted by Gasteiger charge is 2.08. The largest absolute Gasteiger partial charge is 0.325 e. The lowest BCUT2D eigenvalue weighted by Crippen LogP contribution is -2.02. The van der Waals surface area contributed by atoms with E-state index in [-0.39, 0.29) is 0 Å². The van der Waals surface area contributed by atoms with Gasteiger partial charge in [-0.1, -0.05) is 23.7 Å². The van der Waals surface area contributed by atoms with Crippen molar-refractivity contribution in [1.82, 2.24) is 9.55 Å². The third-order valence-electron chi connectivity index (χ3n) is 2.42. The number of halogens is 2. The lowest BCUT2D eigenvalue weighted by Gasteiger charge is -2.10. The summed E-state index contributed by atoms with van der Waals surface area (Å²) in [7, 11) is 0. The number of imidazole rings is 1. The van der Waals surface area contributed by atoms with Crippen LogP contribution >= 0.6 is 27.5 Å². The summed E-state index contributed by atoms with van der Waals surface area (Å²) in [4.78, 5) is 4.44. The van der Waals surface area contributed by atoms with Crippen LogP contribution in [0.15, 0.2) is 41.5 Å². The van der Waals surface area contributed by atoms with Gasteiger partial charge in [0.15, 0.2) is 0 Å². The summed E-state index contributed by atoms with van der Waals surface area (Å²) in [5.41, 5.74) is 1.84. The van der Waals surface area contributed by atoms with E-state index in [1.54, 1.807) is 0 Å². The average molecular weight is 327 g/mol. The summed E-state index contributed by atoms with van der Waals surface area (Å²) in [5, 5.41) is 3.93. The first-order chi connectivity index (χ1) is 8.61. The van der Waals surface area contributed by atoms with Crippen molar-refractivity contribution in [3.63, 3.8) is 0 Å². The third-order valence-corrected chi connectivity index (χ3v) is 3.82. The number of hydrogen-bond acceptors (Lipinski definition) is 2. The molecule has 0 radical (unpaired) electrons. The van der Waals surface area contributed by atoms with Crippen molar-refractivity contribution in [1.29, 1.82) is 0 Å². The van der Waals surface area contributed by atoms with Crippen LogP contribution < -0.4 is 5.32 Å². The van der Waals surface area contributed by atoms with Crippen molar-refractivity contribution in [2.45, 2.75) is 13.5 Å². The smallest absolute Gasteiger partial charge is 0.207 e. The first kappa shape index (κ1) is 13.2. The molecule has 1 aromatic heterocycles. The van der Waals surface area contributed by atoms with E-state index in [4.69, 9.17) is 11.6 Å². The lowest BCUT2D eigenvalue weighted by atomic mass is 10.3. The van der Waals surface area contributed by atoms with Crippen molar-refractivity contribution >= 4 is 39.2 Å². The minimum atomic E-state index is 0.665. The molecule has 2 rings (SSSR count). The molecule has 5 heteroatoms. The summed E-state index contributed by atoms with van der Waals surface area (Å²) in [6.45, 7) is 6.40. The van der Waals surface area contributed by atoms with Crippen LogP contribution in [0.5, 0.6) is 0 Å². The van der Waals surface area contributed by atoms with Crippen LogP contribution in [0, 0.1) is 6.92 Å². The Labute approximate surface area is 120 Å². The molecule has 0 saturated heterocycles. The maximum atomic E-state index is 6.06. The van der Waals surface area contributed by atoms with Gasteiger partial charge in [-0.2, -0.15) is 0 Å². The Morgan fingerprint density at radius 1 is 1.56 bits per heavy atom. The predicted octanol–water partition coefficient (Wildman–Crippen LogP) is 4.54. The van der Waals surface area contributed by atoms with Gasteiger partial charge in [-0.3, -0.25) is 0 Å². The molecule has 1 N–H and O–H groups in total. The van der Waals surface area contributed by atoms with Crippen LogP contribution in [-0.4, -0.2) is 9.55 Å². The van der Waals surface area contributed by atoms with Gasteiger partial charge in [0.25, 0.3) is 0 Å². The third kappa shape index (κ3) is 2.76. The molecule has 0 bridgehead atoms. The van der Waals surface area contributed by atoms with Crippen molar-refractivity contribution in [2.75, 3.05) is 5.32 Å². The number of allylic oxidation sites excluding steroid dienone is 1. The molecule has 0 fully saturated rings. The SMILES string of the molecule is C=CCn1cc(C)nc1Nc1cccc(Cl)c1Br. The summed E-state index contributed by atoms with van der Waals surface area (Å²) < 4.78 is 2.83. The van der Waals surface area contributed by atoms with Crippen molar-refractivity contribution in [3.8, 4) is 0 Å². The summed E-state index contributed by atoms with van der Waals surface area (Å²) in [6, 6.07) is 5.67. The molecular formula is C13H13BrClN3. The first-order valence-corrected chi connectivity index (χ1v) is 6.64. The fraction of sp³-hybridized carbons (Fsp3) is 0.154. The molecule has 18 heavy (non-hydrogen) atoms.